The number of aromatic nitrogens is 2. The number of hydrogen-bond donors (Lipinski definition) is 1. The maximum atomic E-state index is 12.6. The number of likely N-dealkylation sites (tertiary alicyclic amines) is 1. The molecule has 2 saturated heterocycles. The topological polar surface area (TPSA) is 109 Å². The van der Waals surface area contributed by atoms with E-state index in [1.807, 2.05) is 19.1 Å². The van der Waals surface area contributed by atoms with Crippen molar-refractivity contribution in [3.8, 4) is 12.1 Å². The number of benzene rings is 2. The molecule has 0 saturated carbocycles. The molecule has 3 aromatic rings. The summed E-state index contributed by atoms with van der Waals surface area (Å²) in [6.45, 7) is 11.8. The lowest BCUT2D eigenvalue weighted by atomic mass is 9.92. The summed E-state index contributed by atoms with van der Waals surface area (Å²) in [5.41, 5.74) is 2.88. The van der Waals surface area contributed by atoms with Crippen LogP contribution in [0, 0.1) is 11.3 Å². The van der Waals surface area contributed by atoms with Gasteiger partial charge in [-0.1, -0.05) is 43.0 Å². The Kier molecular flexibility index (Phi) is 7.28. The van der Waals surface area contributed by atoms with E-state index in [9.17, 15) is 15.2 Å². The average molecular weight is 594 g/mol. The normalized spacial score (nSPS) is 26.6. The quantitative estimate of drug-likeness (QED) is 0.409. The van der Waals surface area contributed by atoms with Crippen molar-refractivity contribution in [2.24, 2.45) is 0 Å². The number of hydrogen-bond acceptors (Lipinski definition) is 9. The Hall–Kier alpha value is -4.04. The van der Waals surface area contributed by atoms with E-state index in [0.717, 1.165) is 58.4 Å². The molecule has 4 atom stereocenters. The first-order valence-corrected chi connectivity index (χ1v) is 15.6. The van der Waals surface area contributed by atoms with Crippen molar-refractivity contribution >= 4 is 22.5 Å². The predicted octanol–water partition coefficient (Wildman–Crippen LogP) is 3.85. The van der Waals surface area contributed by atoms with Gasteiger partial charge in [0.2, 0.25) is 5.91 Å². The van der Waals surface area contributed by atoms with Crippen molar-refractivity contribution < 1.29 is 14.6 Å². The van der Waals surface area contributed by atoms with E-state index in [-0.39, 0.29) is 24.4 Å². The molecule has 4 heterocycles. The third kappa shape index (κ3) is 4.71. The molecule has 3 unspecified atom stereocenters. The number of nitriles is 1. The smallest absolute Gasteiger partial charge is 0.319 e. The van der Waals surface area contributed by atoms with E-state index in [1.54, 1.807) is 4.90 Å². The van der Waals surface area contributed by atoms with Gasteiger partial charge in [0, 0.05) is 50.9 Å². The third-order valence-electron chi connectivity index (χ3n) is 10.1. The number of carbonyl (C=O) groups excluding carboxylic acids is 1. The second kappa shape index (κ2) is 11.1. The van der Waals surface area contributed by atoms with E-state index in [2.05, 4.69) is 58.5 Å². The molecular weight excluding hydrogens is 554 g/mol. The van der Waals surface area contributed by atoms with Gasteiger partial charge in [0.1, 0.15) is 18.1 Å². The van der Waals surface area contributed by atoms with Crippen molar-refractivity contribution in [2.75, 3.05) is 37.8 Å². The van der Waals surface area contributed by atoms with E-state index in [4.69, 9.17) is 14.7 Å². The van der Waals surface area contributed by atoms with Gasteiger partial charge < -0.3 is 19.6 Å². The molecule has 10 nitrogen and oxygen atoms in total. The van der Waals surface area contributed by atoms with Crippen LogP contribution in [0.3, 0.4) is 0 Å². The molecule has 1 aliphatic carbocycles. The molecule has 0 spiro atoms. The van der Waals surface area contributed by atoms with Crippen LogP contribution in [0.2, 0.25) is 0 Å². The molecule has 10 heteroatoms. The first-order valence-electron chi connectivity index (χ1n) is 15.6. The first kappa shape index (κ1) is 28.7. The molecule has 0 bridgehead atoms. The fourth-order valence-corrected chi connectivity index (χ4v) is 7.83. The summed E-state index contributed by atoms with van der Waals surface area (Å²) in [7, 11) is 0. The Labute approximate surface area is 258 Å². The van der Waals surface area contributed by atoms with Gasteiger partial charge in [-0.2, -0.15) is 15.2 Å². The summed E-state index contributed by atoms with van der Waals surface area (Å²) in [4.78, 5) is 31.0. The number of piperazine rings is 1. The van der Waals surface area contributed by atoms with Gasteiger partial charge in [0.25, 0.3) is 0 Å². The summed E-state index contributed by atoms with van der Waals surface area (Å²) < 4.78 is 6.25. The number of anilines is 1. The summed E-state index contributed by atoms with van der Waals surface area (Å²) in [6, 6.07) is 15.0. The Balaban J connectivity index is 1.23. The highest BCUT2D eigenvalue weighted by Crippen LogP contribution is 2.52. The SMILES string of the molecule is C=CC(=O)N1CCN(c2nc(OCN3CCCC3C)nc3c2CN(C2c4cccc5cccc(c45)C2(C)O)C3)C[C@@H]1CC#N. The highest BCUT2D eigenvalue weighted by molar-refractivity contribution is 5.92. The van der Waals surface area contributed by atoms with Crippen molar-refractivity contribution in [1.29, 1.82) is 5.26 Å². The molecule has 44 heavy (non-hydrogen) atoms. The molecule has 2 aromatic carbocycles. The van der Waals surface area contributed by atoms with Crippen LogP contribution in [0.25, 0.3) is 10.8 Å². The van der Waals surface area contributed by atoms with Gasteiger partial charge in [-0.05, 0) is 54.7 Å². The van der Waals surface area contributed by atoms with E-state index in [1.165, 1.54) is 6.08 Å². The van der Waals surface area contributed by atoms with E-state index >= 15 is 0 Å². The van der Waals surface area contributed by atoms with Crippen LogP contribution in [-0.4, -0.2) is 80.7 Å². The number of amides is 1. The lowest BCUT2D eigenvalue weighted by molar-refractivity contribution is -0.128. The Bertz CT molecular complexity index is 1660. The molecule has 7 rings (SSSR count). The molecule has 228 valence electrons. The van der Waals surface area contributed by atoms with Gasteiger partial charge in [-0.3, -0.25) is 14.6 Å². The number of rotatable bonds is 7. The predicted molar refractivity (Wildman–Crippen MR) is 167 cm³/mol. The van der Waals surface area contributed by atoms with Crippen molar-refractivity contribution in [3.05, 3.63) is 71.4 Å². The molecule has 2 fully saturated rings. The first-order chi connectivity index (χ1) is 21.3. The number of fused-ring (bicyclic) bond motifs is 1. The number of nitrogens with zero attached hydrogens (tertiary/aromatic N) is 7. The highest BCUT2D eigenvalue weighted by Gasteiger charge is 2.48. The minimum atomic E-state index is -1.08. The lowest BCUT2D eigenvalue weighted by Gasteiger charge is -2.41. The minimum absolute atomic E-state index is 0.162. The highest BCUT2D eigenvalue weighted by atomic mass is 16.5. The standard InChI is InChI=1S/C34H39N7O3/c1-4-29(42)41-17-16-38(18-24(41)13-14-35)32-26-19-40(20-28(26)36-33(37-32)44-21-39-15-7-8-22(39)2)31-25-11-5-9-23-10-6-12-27(30(23)25)34(31,3)43/h4-6,9-12,22,24,31,43H,1,7-8,13,15-21H2,2-3H3/t22?,24-,31?,34?/m0/s1. The summed E-state index contributed by atoms with van der Waals surface area (Å²) in [5, 5.41) is 23.9. The lowest BCUT2D eigenvalue weighted by Crippen LogP contribution is -2.55. The zero-order chi connectivity index (χ0) is 30.6. The second-order valence-corrected chi connectivity index (χ2v) is 12.7. The number of carbonyl (C=O) groups is 1. The molecule has 4 aliphatic rings. The monoisotopic (exact) mass is 593 g/mol. The molecule has 1 N–H and O–H groups in total. The fraction of sp³-hybridized carbons (Fsp3) is 0.471. The largest absolute Gasteiger partial charge is 0.447 e. The summed E-state index contributed by atoms with van der Waals surface area (Å²) >= 11 is 0. The minimum Gasteiger partial charge on any atom is -0.447 e. The maximum Gasteiger partial charge on any atom is 0.319 e. The average Bonchev–Trinajstić information content (AvgIpc) is 3.70. The zero-order valence-electron chi connectivity index (χ0n) is 25.4. The fourth-order valence-electron chi connectivity index (χ4n) is 7.83. The molecular formula is C34H39N7O3. The van der Waals surface area contributed by atoms with Crippen molar-refractivity contribution in [3.63, 3.8) is 0 Å². The number of aliphatic hydroxyl groups is 1. The molecule has 1 aromatic heterocycles. The molecule has 3 aliphatic heterocycles. The molecule has 0 radical (unpaired) electrons. The summed E-state index contributed by atoms with van der Waals surface area (Å²) in [6.07, 6.45) is 3.84. The Morgan fingerprint density at radius 3 is 2.77 bits per heavy atom. The second-order valence-electron chi connectivity index (χ2n) is 12.7. The van der Waals surface area contributed by atoms with Crippen LogP contribution in [0.5, 0.6) is 6.01 Å². The van der Waals surface area contributed by atoms with Crippen molar-refractivity contribution in [2.45, 2.75) is 69.9 Å². The van der Waals surface area contributed by atoms with Gasteiger partial charge in [-0.25, -0.2) is 0 Å². The maximum absolute atomic E-state index is 12.6. The van der Waals surface area contributed by atoms with Gasteiger partial charge in [-0.15, -0.1) is 0 Å². The van der Waals surface area contributed by atoms with Crippen LogP contribution >= 0.6 is 0 Å². The third-order valence-corrected chi connectivity index (χ3v) is 10.1. The Morgan fingerprint density at radius 1 is 1.20 bits per heavy atom. The number of ether oxygens (including phenoxy) is 1. The zero-order valence-corrected chi connectivity index (χ0v) is 25.4. The van der Waals surface area contributed by atoms with Crippen LogP contribution in [-0.2, 0) is 23.5 Å². The van der Waals surface area contributed by atoms with Gasteiger partial charge >= 0.3 is 6.01 Å². The van der Waals surface area contributed by atoms with Crippen molar-refractivity contribution in [1.82, 2.24) is 24.7 Å². The molecule has 1 amide bonds. The van der Waals surface area contributed by atoms with E-state index < -0.39 is 5.60 Å². The Morgan fingerprint density at radius 2 is 2.02 bits per heavy atom. The van der Waals surface area contributed by atoms with Crippen LogP contribution in [0.4, 0.5) is 5.82 Å². The van der Waals surface area contributed by atoms with Crippen LogP contribution in [0.1, 0.15) is 61.5 Å². The van der Waals surface area contributed by atoms with Crippen LogP contribution < -0.4 is 9.64 Å². The van der Waals surface area contributed by atoms with E-state index in [0.29, 0.717) is 51.5 Å². The van der Waals surface area contributed by atoms with Gasteiger partial charge in [0.05, 0.1) is 30.3 Å². The van der Waals surface area contributed by atoms with Gasteiger partial charge in [0.15, 0.2) is 0 Å². The van der Waals surface area contributed by atoms with Crippen LogP contribution in [0.15, 0.2) is 49.1 Å². The summed E-state index contributed by atoms with van der Waals surface area (Å²) in [5.74, 6) is 0.619.